The average molecular weight is 403 g/mol. The number of ether oxygens (including phenoxy) is 1. The van der Waals surface area contributed by atoms with Gasteiger partial charge in [0.2, 0.25) is 0 Å². The molecule has 0 saturated carbocycles. The van der Waals surface area contributed by atoms with E-state index >= 15 is 0 Å². The molecular formula is C18H15BF3N4O3. The van der Waals surface area contributed by atoms with Gasteiger partial charge in [0.25, 0.3) is 23.9 Å². The smallest absolute Gasteiger partial charge is 0.282 e. The maximum atomic E-state index is 14.6. The van der Waals surface area contributed by atoms with E-state index in [1.807, 2.05) is 0 Å². The highest BCUT2D eigenvalue weighted by molar-refractivity contribution is 6.54. The number of anilines is 1. The summed E-state index contributed by atoms with van der Waals surface area (Å²) in [5.41, 5.74) is 2.65. The van der Waals surface area contributed by atoms with E-state index in [9.17, 15) is 22.8 Å². The molecule has 0 bridgehead atoms. The van der Waals surface area contributed by atoms with Crippen LogP contribution in [0, 0.1) is 5.82 Å². The van der Waals surface area contributed by atoms with E-state index in [4.69, 9.17) is 10.5 Å². The molecule has 1 amide bonds. The molecule has 1 unspecified atom stereocenters. The van der Waals surface area contributed by atoms with E-state index in [1.54, 1.807) is 0 Å². The summed E-state index contributed by atoms with van der Waals surface area (Å²) in [5, 5.41) is 2.49. The average Bonchev–Trinajstić information content (AvgIpc) is 3.44. The van der Waals surface area contributed by atoms with Crippen molar-refractivity contribution < 1.29 is 22.7 Å². The van der Waals surface area contributed by atoms with Crippen LogP contribution in [0.25, 0.3) is 0 Å². The second-order valence-corrected chi connectivity index (χ2v) is 6.89. The molecule has 4 rings (SSSR count). The van der Waals surface area contributed by atoms with Crippen LogP contribution in [-0.2, 0) is 17.3 Å². The number of pyridine rings is 1. The van der Waals surface area contributed by atoms with Crippen LogP contribution in [0.3, 0.4) is 0 Å². The van der Waals surface area contributed by atoms with Gasteiger partial charge in [-0.25, -0.2) is 18.2 Å². The number of rotatable bonds is 4. The largest absolute Gasteiger partial charge is 0.472 e. The highest BCUT2D eigenvalue weighted by Crippen LogP contribution is 2.56. The molecule has 11 heteroatoms. The topological polar surface area (TPSA) is 98.7 Å². The number of aryl methyl sites for hydroxylation is 1. The fraction of sp³-hybridized carbons (Fsp3) is 0.278. The molecule has 1 saturated heterocycles. The Labute approximate surface area is 163 Å². The van der Waals surface area contributed by atoms with E-state index in [1.165, 1.54) is 37.2 Å². The van der Waals surface area contributed by atoms with Crippen LogP contribution in [0.15, 0.2) is 46.3 Å². The lowest BCUT2D eigenvalue weighted by Gasteiger charge is -2.34. The monoisotopic (exact) mass is 403 g/mol. The Morgan fingerprint density at radius 3 is 2.83 bits per heavy atom. The molecule has 0 aliphatic carbocycles. The normalized spacial score (nSPS) is 24.8. The van der Waals surface area contributed by atoms with E-state index in [0.29, 0.717) is 0 Å². The minimum atomic E-state index is -3.06. The Bertz CT molecular complexity index is 1090. The second kappa shape index (κ2) is 6.68. The number of fused-ring (bicyclic) bond motifs is 1. The van der Waals surface area contributed by atoms with Crippen molar-refractivity contribution in [3.05, 3.63) is 63.8 Å². The van der Waals surface area contributed by atoms with Crippen LogP contribution >= 0.6 is 0 Å². The zero-order valence-corrected chi connectivity index (χ0v) is 15.1. The van der Waals surface area contributed by atoms with Gasteiger partial charge in [-0.1, -0.05) is 0 Å². The molecule has 3 N–H and O–H groups in total. The summed E-state index contributed by atoms with van der Waals surface area (Å²) < 4.78 is 49.2. The first-order chi connectivity index (χ1) is 13.7. The minimum Gasteiger partial charge on any atom is -0.472 e. The lowest BCUT2D eigenvalue weighted by Crippen LogP contribution is -2.41. The van der Waals surface area contributed by atoms with Gasteiger partial charge in [-0.3, -0.25) is 9.59 Å². The summed E-state index contributed by atoms with van der Waals surface area (Å²) in [4.78, 5) is 27.9. The van der Waals surface area contributed by atoms with Crippen molar-refractivity contribution >= 4 is 24.9 Å². The summed E-state index contributed by atoms with van der Waals surface area (Å²) in [5.74, 6) is -2.39. The van der Waals surface area contributed by atoms with E-state index < -0.39 is 52.7 Å². The van der Waals surface area contributed by atoms with Crippen LogP contribution < -0.4 is 16.6 Å². The van der Waals surface area contributed by atoms with Crippen molar-refractivity contribution in [3.8, 4) is 0 Å². The van der Waals surface area contributed by atoms with Crippen LogP contribution in [0.4, 0.5) is 18.9 Å². The number of halogens is 3. The standard InChI is InChI=1S/C18H15BF3N4O3/c1-26-5-4-8(6-12(26)27)15(28)24-9-2-3-11(20)10(7-9)18(16(21)22)13-14(19-13)29-17(23)25-18/h2-7,13-14,16H,1H3,(H2,23,25)(H,24,28)/t13-,14?,18+/m0/s1. The number of amides is 1. The Hall–Kier alpha value is -3.24. The zero-order chi connectivity index (χ0) is 20.9. The first kappa shape index (κ1) is 19.1. The molecule has 2 aliphatic heterocycles. The van der Waals surface area contributed by atoms with Crippen molar-refractivity contribution in [2.75, 3.05) is 5.32 Å². The minimum absolute atomic E-state index is 0.0737. The highest BCUT2D eigenvalue weighted by atomic mass is 19.3. The lowest BCUT2D eigenvalue weighted by molar-refractivity contribution is 0.0333. The van der Waals surface area contributed by atoms with Gasteiger partial charge in [-0.05, 0) is 30.1 Å². The van der Waals surface area contributed by atoms with E-state index in [0.717, 1.165) is 18.2 Å². The molecular weight excluding hydrogens is 388 g/mol. The molecule has 149 valence electrons. The Balaban J connectivity index is 1.71. The molecule has 29 heavy (non-hydrogen) atoms. The molecule has 2 aromatic rings. The van der Waals surface area contributed by atoms with Gasteiger partial charge in [0.1, 0.15) is 5.82 Å². The lowest BCUT2D eigenvalue weighted by atomic mass is 9.78. The number of hydrogen-bond donors (Lipinski definition) is 2. The van der Waals surface area contributed by atoms with Crippen LogP contribution in [0.5, 0.6) is 0 Å². The first-order valence-electron chi connectivity index (χ1n) is 8.65. The van der Waals surface area contributed by atoms with Crippen molar-refractivity contribution in [3.63, 3.8) is 0 Å². The number of carbonyl (C=O) groups is 1. The van der Waals surface area contributed by atoms with Gasteiger partial charge in [-0.2, -0.15) is 0 Å². The van der Waals surface area contributed by atoms with Crippen molar-refractivity contribution in [1.29, 1.82) is 0 Å². The molecule has 1 fully saturated rings. The number of carbonyl (C=O) groups excluding carboxylic acids is 1. The predicted molar refractivity (Wildman–Crippen MR) is 99.7 cm³/mol. The van der Waals surface area contributed by atoms with Gasteiger partial charge >= 0.3 is 0 Å². The number of aliphatic imine (C=N–C) groups is 1. The van der Waals surface area contributed by atoms with Gasteiger partial charge < -0.3 is 20.4 Å². The summed E-state index contributed by atoms with van der Waals surface area (Å²) in [6.07, 6.45) is -1.64. The summed E-state index contributed by atoms with van der Waals surface area (Å²) in [6.45, 7) is 0. The van der Waals surface area contributed by atoms with Gasteiger partial charge in [0.15, 0.2) is 12.8 Å². The highest BCUT2D eigenvalue weighted by Gasteiger charge is 2.64. The van der Waals surface area contributed by atoms with Crippen molar-refractivity contribution in [1.82, 2.24) is 4.57 Å². The molecule has 3 heterocycles. The van der Waals surface area contributed by atoms with Gasteiger partial charge in [0.05, 0.1) is 6.00 Å². The van der Waals surface area contributed by atoms with Crippen molar-refractivity contribution in [2.24, 2.45) is 17.8 Å². The third-order valence-corrected chi connectivity index (χ3v) is 5.03. The van der Waals surface area contributed by atoms with Crippen LogP contribution in [0.1, 0.15) is 15.9 Å². The number of hydrogen-bond acceptors (Lipinski definition) is 5. The third-order valence-electron chi connectivity index (χ3n) is 5.03. The van der Waals surface area contributed by atoms with Crippen LogP contribution in [0.2, 0.25) is 5.82 Å². The Kier molecular flexibility index (Phi) is 4.40. The number of nitrogens with one attached hydrogen (secondary N) is 1. The molecule has 3 atom stereocenters. The Morgan fingerprint density at radius 1 is 1.38 bits per heavy atom. The maximum absolute atomic E-state index is 14.6. The van der Waals surface area contributed by atoms with Crippen LogP contribution in [-0.4, -0.2) is 36.2 Å². The number of amidine groups is 1. The summed E-state index contributed by atoms with van der Waals surface area (Å²) >= 11 is 0. The maximum Gasteiger partial charge on any atom is 0.282 e. The number of nitrogens with two attached hydrogens (primary N) is 1. The van der Waals surface area contributed by atoms with Gasteiger partial charge in [-0.15, -0.1) is 0 Å². The second-order valence-electron chi connectivity index (χ2n) is 6.89. The Morgan fingerprint density at radius 2 is 2.14 bits per heavy atom. The summed E-state index contributed by atoms with van der Waals surface area (Å²) in [6, 6.07) is 4.75. The van der Waals surface area contributed by atoms with Crippen molar-refractivity contribution in [2.45, 2.75) is 23.8 Å². The predicted octanol–water partition coefficient (Wildman–Crippen LogP) is 1.41. The number of benzene rings is 1. The fourth-order valence-electron chi connectivity index (χ4n) is 3.43. The number of aromatic nitrogens is 1. The molecule has 1 aromatic carbocycles. The molecule has 0 spiro atoms. The third kappa shape index (κ3) is 3.16. The fourth-order valence-corrected chi connectivity index (χ4v) is 3.43. The first-order valence-corrected chi connectivity index (χ1v) is 8.65. The molecule has 1 aromatic heterocycles. The van der Waals surface area contributed by atoms with E-state index in [2.05, 4.69) is 10.3 Å². The zero-order valence-electron chi connectivity index (χ0n) is 15.1. The SMILES string of the molecule is Cn1ccc(C(=O)Nc2ccc(F)c([C@@]3(C(F)F)N=C(N)OC4[B][C@@H]43)c2)cc1=O. The quantitative estimate of drug-likeness (QED) is 0.755. The molecule has 7 nitrogen and oxygen atoms in total. The number of nitrogens with zero attached hydrogens (tertiary/aromatic N) is 2. The molecule has 1 radical (unpaired) electrons. The number of alkyl halides is 2. The van der Waals surface area contributed by atoms with Gasteiger partial charge in [0, 0.05) is 36.1 Å². The summed E-state index contributed by atoms with van der Waals surface area (Å²) in [7, 11) is 3.00. The van der Waals surface area contributed by atoms with E-state index in [-0.39, 0.29) is 11.3 Å². The molecule has 2 aliphatic rings.